The van der Waals surface area contributed by atoms with Crippen LogP contribution in [0.1, 0.15) is 37.6 Å². The van der Waals surface area contributed by atoms with Crippen LogP contribution in [-0.2, 0) is 6.54 Å². The molecule has 0 fully saturated rings. The summed E-state index contributed by atoms with van der Waals surface area (Å²) in [6.45, 7) is 5.78. The fourth-order valence-corrected chi connectivity index (χ4v) is 2.17. The second kappa shape index (κ2) is 6.43. The highest BCUT2D eigenvalue weighted by Crippen LogP contribution is 2.22. The van der Waals surface area contributed by atoms with Gasteiger partial charge in [-0.2, -0.15) is 5.10 Å². The van der Waals surface area contributed by atoms with Crippen molar-refractivity contribution in [3.63, 3.8) is 0 Å². The van der Waals surface area contributed by atoms with E-state index in [1.165, 1.54) is 12.3 Å². The predicted octanol–water partition coefficient (Wildman–Crippen LogP) is 2.53. The zero-order chi connectivity index (χ0) is 13.7. The van der Waals surface area contributed by atoms with E-state index in [2.05, 4.69) is 22.3 Å². The Morgan fingerprint density at radius 3 is 2.89 bits per heavy atom. The van der Waals surface area contributed by atoms with Crippen LogP contribution in [0.15, 0.2) is 30.7 Å². The molecular weight excluding hydrogens is 243 g/mol. The summed E-state index contributed by atoms with van der Waals surface area (Å²) in [7, 11) is 0. The summed E-state index contributed by atoms with van der Waals surface area (Å²) >= 11 is 0. The molecule has 0 aliphatic heterocycles. The molecule has 0 aliphatic rings. The van der Waals surface area contributed by atoms with Gasteiger partial charge in [-0.3, -0.25) is 9.67 Å². The van der Waals surface area contributed by atoms with Crippen LogP contribution in [0.2, 0.25) is 0 Å². The molecule has 0 radical (unpaired) electrons. The Hall–Kier alpha value is -1.75. The second-order valence-corrected chi connectivity index (χ2v) is 4.41. The average Bonchev–Trinajstić information content (AvgIpc) is 2.84. The van der Waals surface area contributed by atoms with Gasteiger partial charge in [-0.1, -0.05) is 13.8 Å². The molecule has 1 N–H and O–H groups in total. The highest BCUT2D eigenvalue weighted by molar-refractivity contribution is 5.25. The lowest BCUT2D eigenvalue weighted by Gasteiger charge is -2.19. The normalized spacial score (nSPS) is 12.6. The predicted molar refractivity (Wildman–Crippen MR) is 72.2 cm³/mol. The van der Waals surface area contributed by atoms with Crippen molar-refractivity contribution in [2.24, 2.45) is 0 Å². The Morgan fingerprint density at radius 1 is 1.37 bits per heavy atom. The summed E-state index contributed by atoms with van der Waals surface area (Å²) in [4.78, 5) is 3.93. The van der Waals surface area contributed by atoms with Crippen molar-refractivity contribution in [3.8, 4) is 0 Å². The van der Waals surface area contributed by atoms with Crippen LogP contribution in [0.5, 0.6) is 0 Å². The largest absolute Gasteiger partial charge is 0.305 e. The van der Waals surface area contributed by atoms with Gasteiger partial charge in [-0.25, -0.2) is 4.39 Å². The quantitative estimate of drug-likeness (QED) is 0.870. The third-order valence-electron chi connectivity index (χ3n) is 2.95. The van der Waals surface area contributed by atoms with E-state index >= 15 is 0 Å². The van der Waals surface area contributed by atoms with Gasteiger partial charge in [0.25, 0.3) is 0 Å². The third kappa shape index (κ3) is 3.17. The Bertz CT molecular complexity index is 524. The average molecular weight is 262 g/mol. The zero-order valence-corrected chi connectivity index (χ0v) is 11.3. The molecule has 2 rings (SSSR count). The van der Waals surface area contributed by atoms with Crippen LogP contribution < -0.4 is 5.32 Å². The molecule has 0 spiro atoms. The number of hydrogen-bond donors (Lipinski definition) is 1. The number of pyridine rings is 1. The van der Waals surface area contributed by atoms with E-state index in [9.17, 15) is 4.39 Å². The molecule has 0 saturated heterocycles. The van der Waals surface area contributed by atoms with Crippen LogP contribution in [0.3, 0.4) is 0 Å². The number of rotatable bonds is 6. The molecule has 1 atom stereocenters. The summed E-state index contributed by atoms with van der Waals surface area (Å²) in [6.07, 6.45) is 5.70. The topological polar surface area (TPSA) is 42.7 Å². The Morgan fingerprint density at radius 2 is 2.21 bits per heavy atom. The Labute approximate surface area is 112 Å². The first kappa shape index (κ1) is 13.7. The van der Waals surface area contributed by atoms with Crippen LogP contribution in [0.25, 0.3) is 0 Å². The van der Waals surface area contributed by atoms with Gasteiger partial charge >= 0.3 is 0 Å². The molecule has 0 aliphatic carbocycles. The van der Waals surface area contributed by atoms with Crippen molar-refractivity contribution in [1.29, 1.82) is 0 Å². The minimum atomic E-state index is -0.318. The molecule has 4 nitrogen and oxygen atoms in total. The lowest BCUT2D eigenvalue weighted by atomic mass is 10.1. The second-order valence-electron chi connectivity index (χ2n) is 4.41. The van der Waals surface area contributed by atoms with Gasteiger partial charge in [-0.05, 0) is 30.7 Å². The number of halogens is 1. The monoisotopic (exact) mass is 262 g/mol. The van der Waals surface area contributed by atoms with Gasteiger partial charge in [0.05, 0.1) is 17.9 Å². The van der Waals surface area contributed by atoms with Gasteiger partial charge in [0.15, 0.2) is 0 Å². The first-order chi connectivity index (χ1) is 9.26. The summed E-state index contributed by atoms with van der Waals surface area (Å²) in [5.74, 6) is -0.318. The van der Waals surface area contributed by atoms with Crippen molar-refractivity contribution in [1.82, 2.24) is 20.1 Å². The molecule has 2 heterocycles. The maximum Gasteiger partial charge on any atom is 0.141 e. The molecule has 102 valence electrons. The third-order valence-corrected chi connectivity index (χ3v) is 2.95. The molecule has 0 amide bonds. The molecule has 0 saturated carbocycles. The minimum Gasteiger partial charge on any atom is -0.305 e. The van der Waals surface area contributed by atoms with Crippen molar-refractivity contribution < 1.29 is 4.39 Å². The maximum atomic E-state index is 13.3. The zero-order valence-electron chi connectivity index (χ0n) is 11.3. The summed E-state index contributed by atoms with van der Waals surface area (Å²) in [5, 5.41) is 7.68. The molecule has 2 aromatic rings. The summed E-state index contributed by atoms with van der Waals surface area (Å²) in [6, 6.07) is 3.40. The molecule has 1 unspecified atom stereocenters. The van der Waals surface area contributed by atoms with E-state index in [1.807, 2.05) is 17.7 Å². The standard InChI is InChI=1S/C14H19FN4/c1-3-7-19-13(5-6-18-19)14(17-4-2)11-8-12(15)10-16-9-11/h5-6,8-10,14,17H,3-4,7H2,1-2H3. The van der Waals surface area contributed by atoms with E-state index in [1.54, 1.807) is 12.4 Å². The van der Waals surface area contributed by atoms with Crippen LogP contribution in [-0.4, -0.2) is 21.3 Å². The highest BCUT2D eigenvalue weighted by atomic mass is 19.1. The first-order valence-electron chi connectivity index (χ1n) is 6.61. The van der Waals surface area contributed by atoms with Crippen molar-refractivity contribution in [3.05, 3.63) is 47.8 Å². The maximum absolute atomic E-state index is 13.3. The number of aryl methyl sites for hydroxylation is 1. The van der Waals surface area contributed by atoms with Crippen LogP contribution in [0, 0.1) is 5.82 Å². The SMILES string of the molecule is CCCn1nccc1C(NCC)c1cncc(F)c1. The van der Waals surface area contributed by atoms with Crippen LogP contribution >= 0.6 is 0 Å². The van der Waals surface area contributed by atoms with Gasteiger partial charge < -0.3 is 5.32 Å². The summed E-state index contributed by atoms with van der Waals surface area (Å²) < 4.78 is 15.3. The van der Waals surface area contributed by atoms with Crippen LogP contribution in [0.4, 0.5) is 4.39 Å². The Kier molecular flexibility index (Phi) is 4.63. The van der Waals surface area contributed by atoms with Crippen molar-refractivity contribution >= 4 is 0 Å². The number of aromatic nitrogens is 3. The van der Waals surface area contributed by atoms with Gasteiger partial charge in [0, 0.05) is 18.9 Å². The number of nitrogens with one attached hydrogen (secondary N) is 1. The molecule has 19 heavy (non-hydrogen) atoms. The number of nitrogens with zero attached hydrogens (tertiary/aromatic N) is 3. The van der Waals surface area contributed by atoms with E-state index in [4.69, 9.17) is 0 Å². The molecule has 0 aromatic carbocycles. The van der Waals surface area contributed by atoms with E-state index in [0.717, 1.165) is 30.8 Å². The van der Waals surface area contributed by atoms with E-state index in [0.29, 0.717) is 0 Å². The highest BCUT2D eigenvalue weighted by Gasteiger charge is 2.18. The van der Waals surface area contributed by atoms with Crippen molar-refractivity contribution in [2.45, 2.75) is 32.9 Å². The molecular formula is C14H19FN4. The lowest BCUT2D eigenvalue weighted by molar-refractivity contribution is 0.516. The van der Waals surface area contributed by atoms with Crippen molar-refractivity contribution in [2.75, 3.05) is 6.54 Å². The van der Waals surface area contributed by atoms with Gasteiger partial charge in [-0.15, -0.1) is 0 Å². The van der Waals surface area contributed by atoms with Gasteiger partial charge in [0.2, 0.25) is 0 Å². The molecule has 2 aromatic heterocycles. The first-order valence-corrected chi connectivity index (χ1v) is 6.61. The fourth-order valence-electron chi connectivity index (χ4n) is 2.17. The number of hydrogen-bond acceptors (Lipinski definition) is 3. The lowest BCUT2D eigenvalue weighted by Crippen LogP contribution is -2.25. The Balaban J connectivity index is 2.36. The minimum absolute atomic E-state index is 0.0813. The van der Waals surface area contributed by atoms with Gasteiger partial charge in [0.1, 0.15) is 5.82 Å². The fraction of sp³-hybridized carbons (Fsp3) is 0.429. The summed E-state index contributed by atoms with van der Waals surface area (Å²) in [5.41, 5.74) is 1.86. The van der Waals surface area contributed by atoms with E-state index < -0.39 is 0 Å². The smallest absolute Gasteiger partial charge is 0.141 e. The molecule has 5 heteroatoms. The molecule has 0 bridgehead atoms. The van der Waals surface area contributed by atoms with E-state index in [-0.39, 0.29) is 11.9 Å².